The van der Waals surface area contributed by atoms with Gasteiger partial charge < -0.3 is 5.32 Å². The Morgan fingerprint density at radius 2 is 2.09 bits per heavy atom. The van der Waals surface area contributed by atoms with Crippen LogP contribution in [0.4, 0.5) is 10.8 Å². The minimum Gasteiger partial charge on any atom is -0.322 e. The van der Waals surface area contributed by atoms with Crippen LogP contribution in [-0.4, -0.2) is 10.9 Å². The Morgan fingerprint density at radius 3 is 2.82 bits per heavy atom. The lowest BCUT2D eigenvalue weighted by molar-refractivity contribution is 0.102. The van der Waals surface area contributed by atoms with Gasteiger partial charge in [0.25, 0.3) is 5.91 Å². The number of nitrogens with zero attached hydrogens (tertiary/aromatic N) is 1. The topological polar surface area (TPSA) is 80.0 Å². The molecule has 5 nitrogen and oxygen atoms in total. The lowest BCUT2D eigenvalue weighted by atomic mass is 10.2. The standard InChI is InChI=1S/C14H10BrClN4OS/c15-9-5-7(6-11-12(9)19-14(20-17)22-11)18-13(21)8-3-1-2-4-10(8)16/h1-6H,17H2,(H,18,21)(H,19,20). The number of halogens is 2. The molecule has 0 atom stereocenters. The Morgan fingerprint density at radius 1 is 1.32 bits per heavy atom. The van der Waals surface area contributed by atoms with E-state index in [0.717, 1.165) is 14.7 Å². The normalized spacial score (nSPS) is 10.7. The van der Waals surface area contributed by atoms with Crippen LogP contribution in [0.25, 0.3) is 10.2 Å². The highest BCUT2D eigenvalue weighted by Gasteiger charge is 2.13. The lowest BCUT2D eigenvalue weighted by Crippen LogP contribution is -2.12. The number of hydrazine groups is 1. The summed E-state index contributed by atoms with van der Waals surface area (Å²) in [5.74, 6) is 5.11. The van der Waals surface area contributed by atoms with Crippen LogP contribution < -0.4 is 16.6 Å². The Kier molecular flexibility index (Phi) is 4.30. The molecule has 112 valence electrons. The smallest absolute Gasteiger partial charge is 0.257 e. The second-order valence-electron chi connectivity index (χ2n) is 4.40. The molecule has 4 N–H and O–H groups in total. The molecule has 1 aromatic heterocycles. The number of nitrogens with two attached hydrogens (primary N) is 1. The molecule has 22 heavy (non-hydrogen) atoms. The van der Waals surface area contributed by atoms with Crippen molar-refractivity contribution in [2.75, 3.05) is 10.7 Å². The zero-order valence-corrected chi connectivity index (χ0v) is 14.2. The quantitative estimate of drug-likeness (QED) is 0.456. The van der Waals surface area contributed by atoms with Crippen molar-refractivity contribution >= 4 is 65.8 Å². The molecule has 0 unspecified atom stereocenters. The molecule has 8 heteroatoms. The number of anilines is 2. The molecule has 3 rings (SSSR count). The van der Waals surface area contributed by atoms with Crippen molar-refractivity contribution in [3.05, 3.63) is 51.5 Å². The summed E-state index contributed by atoms with van der Waals surface area (Å²) in [5.41, 5.74) is 4.38. The first-order valence-electron chi connectivity index (χ1n) is 6.21. The largest absolute Gasteiger partial charge is 0.322 e. The molecule has 0 saturated heterocycles. The van der Waals surface area contributed by atoms with Gasteiger partial charge >= 0.3 is 0 Å². The van der Waals surface area contributed by atoms with Crippen LogP contribution in [0.2, 0.25) is 5.02 Å². The third-order valence-corrected chi connectivity index (χ3v) is 4.82. The molecule has 0 spiro atoms. The number of rotatable bonds is 3. The van der Waals surface area contributed by atoms with E-state index in [-0.39, 0.29) is 5.91 Å². The van der Waals surface area contributed by atoms with Crippen LogP contribution in [-0.2, 0) is 0 Å². The number of hydrogen-bond donors (Lipinski definition) is 3. The molecule has 1 amide bonds. The van der Waals surface area contributed by atoms with E-state index in [1.54, 1.807) is 30.3 Å². The van der Waals surface area contributed by atoms with Gasteiger partial charge in [-0.2, -0.15) is 0 Å². The third kappa shape index (κ3) is 2.93. The number of thiazole rings is 1. The molecule has 0 bridgehead atoms. The van der Waals surface area contributed by atoms with Crippen molar-refractivity contribution in [1.82, 2.24) is 4.98 Å². The van der Waals surface area contributed by atoms with Crippen molar-refractivity contribution in [3.63, 3.8) is 0 Å². The summed E-state index contributed by atoms with van der Waals surface area (Å²) in [6.45, 7) is 0. The first kappa shape index (κ1) is 15.2. The predicted octanol–water partition coefficient (Wildman–Crippen LogP) is 4.25. The summed E-state index contributed by atoms with van der Waals surface area (Å²) in [4.78, 5) is 16.6. The number of nitrogen functional groups attached to an aromatic ring is 1. The van der Waals surface area contributed by atoms with Crippen molar-refractivity contribution < 1.29 is 4.79 Å². The highest BCUT2D eigenvalue weighted by atomic mass is 79.9. The van der Waals surface area contributed by atoms with Crippen LogP contribution >= 0.6 is 38.9 Å². The summed E-state index contributed by atoms with van der Waals surface area (Å²) in [6, 6.07) is 10.5. The van der Waals surface area contributed by atoms with E-state index in [2.05, 4.69) is 31.7 Å². The van der Waals surface area contributed by atoms with Crippen molar-refractivity contribution in [2.24, 2.45) is 5.84 Å². The molecular weight excluding hydrogens is 388 g/mol. The number of nitrogens with one attached hydrogen (secondary N) is 2. The number of fused-ring (bicyclic) bond motifs is 1. The van der Waals surface area contributed by atoms with Gasteiger partial charge in [-0.25, -0.2) is 10.8 Å². The minimum absolute atomic E-state index is 0.265. The van der Waals surface area contributed by atoms with E-state index in [9.17, 15) is 4.79 Å². The lowest BCUT2D eigenvalue weighted by Gasteiger charge is -2.07. The van der Waals surface area contributed by atoms with Gasteiger partial charge in [0.2, 0.25) is 0 Å². The molecule has 0 aliphatic carbocycles. The number of aromatic nitrogens is 1. The van der Waals surface area contributed by atoms with Gasteiger partial charge in [-0.1, -0.05) is 35.1 Å². The second-order valence-corrected chi connectivity index (χ2v) is 6.69. The van der Waals surface area contributed by atoms with Crippen LogP contribution in [0, 0.1) is 0 Å². The molecule has 1 heterocycles. The highest BCUT2D eigenvalue weighted by molar-refractivity contribution is 9.10. The Labute approximate surface area is 143 Å². The number of benzene rings is 2. The van der Waals surface area contributed by atoms with Crippen molar-refractivity contribution in [2.45, 2.75) is 0 Å². The third-order valence-electron chi connectivity index (χ3n) is 2.95. The fourth-order valence-electron chi connectivity index (χ4n) is 1.97. The summed E-state index contributed by atoms with van der Waals surface area (Å²) >= 11 is 10.9. The van der Waals surface area contributed by atoms with E-state index >= 15 is 0 Å². The average molecular weight is 398 g/mol. The molecule has 0 radical (unpaired) electrons. The Balaban J connectivity index is 1.94. The SMILES string of the molecule is NNc1nc2c(Br)cc(NC(=O)c3ccccc3Cl)cc2s1. The van der Waals surface area contributed by atoms with Gasteiger partial charge in [-0.15, -0.1) is 0 Å². The van der Waals surface area contributed by atoms with E-state index in [1.807, 2.05) is 6.07 Å². The fraction of sp³-hybridized carbons (Fsp3) is 0. The maximum absolute atomic E-state index is 12.3. The maximum Gasteiger partial charge on any atom is 0.257 e. The van der Waals surface area contributed by atoms with Gasteiger partial charge in [0.1, 0.15) is 0 Å². The molecule has 0 aliphatic rings. The molecule has 3 aromatic rings. The molecule has 0 fully saturated rings. The second kappa shape index (κ2) is 6.21. The van der Waals surface area contributed by atoms with Gasteiger partial charge in [-0.05, 0) is 40.2 Å². The fourth-order valence-corrected chi connectivity index (χ4v) is 3.71. The summed E-state index contributed by atoms with van der Waals surface area (Å²) in [7, 11) is 0. The van der Waals surface area contributed by atoms with Crippen molar-refractivity contribution in [1.29, 1.82) is 0 Å². The first-order chi connectivity index (χ1) is 10.6. The van der Waals surface area contributed by atoms with Crippen LogP contribution in [0.15, 0.2) is 40.9 Å². The molecular formula is C14H10BrClN4OS. The Bertz CT molecular complexity index is 867. The van der Waals surface area contributed by atoms with Crippen LogP contribution in [0.1, 0.15) is 10.4 Å². The minimum atomic E-state index is -0.265. The number of amides is 1. The van der Waals surface area contributed by atoms with E-state index in [0.29, 0.717) is 21.4 Å². The van der Waals surface area contributed by atoms with E-state index in [1.165, 1.54) is 11.3 Å². The number of hydrogen-bond acceptors (Lipinski definition) is 5. The molecule has 0 saturated carbocycles. The first-order valence-corrected chi connectivity index (χ1v) is 8.20. The monoisotopic (exact) mass is 396 g/mol. The number of carbonyl (C=O) groups is 1. The zero-order valence-electron chi connectivity index (χ0n) is 11.1. The van der Waals surface area contributed by atoms with Crippen LogP contribution in [0.3, 0.4) is 0 Å². The maximum atomic E-state index is 12.3. The highest BCUT2D eigenvalue weighted by Crippen LogP contribution is 2.34. The molecule has 0 aliphatic heterocycles. The molecule has 2 aromatic carbocycles. The average Bonchev–Trinajstić information content (AvgIpc) is 2.91. The Hall–Kier alpha value is -1.67. The van der Waals surface area contributed by atoms with Gasteiger partial charge in [0, 0.05) is 10.2 Å². The summed E-state index contributed by atoms with van der Waals surface area (Å²) in [6.07, 6.45) is 0. The summed E-state index contributed by atoms with van der Waals surface area (Å²) < 4.78 is 1.67. The van der Waals surface area contributed by atoms with E-state index < -0.39 is 0 Å². The van der Waals surface area contributed by atoms with Gasteiger partial charge in [0.05, 0.1) is 20.8 Å². The number of carbonyl (C=O) groups excluding carboxylic acids is 1. The predicted molar refractivity (Wildman–Crippen MR) is 94.5 cm³/mol. The van der Waals surface area contributed by atoms with Crippen molar-refractivity contribution in [3.8, 4) is 0 Å². The van der Waals surface area contributed by atoms with Gasteiger partial charge in [-0.3, -0.25) is 10.2 Å². The van der Waals surface area contributed by atoms with Crippen LogP contribution in [0.5, 0.6) is 0 Å². The zero-order chi connectivity index (χ0) is 15.7. The summed E-state index contributed by atoms with van der Waals surface area (Å²) in [5, 5.41) is 3.85. The van der Waals surface area contributed by atoms with E-state index in [4.69, 9.17) is 17.4 Å². The van der Waals surface area contributed by atoms with Gasteiger partial charge in [0.15, 0.2) is 5.13 Å².